The summed E-state index contributed by atoms with van der Waals surface area (Å²) in [5.41, 5.74) is 2.76. The lowest BCUT2D eigenvalue weighted by atomic mass is 9.96. The van der Waals surface area contributed by atoms with Gasteiger partial charge in [-0.25, -0.2) is 0 Å². The molecule has 8 bridgehead atoms. The van der Waals surface area contributed by atoms with E-state index in [4.69, 9.17) is 33.2 Å². The van der Waals surface area contributed by atoms with Gasteiger partial charge in [-0.15, -0.1) is 23.5 Å². The minimum atomic E-state index is -2.07. The van der Waals surface area contributed by atoms with Crippen LogP contribution in [0.15, 0.2) is 70.5 Å². The van der Waals surface area contributed by atoms with Gasteiger partial charge in [0.1, 0.15) is 17.8 Å². The molecule has 0 radical (unpaired) electrons. The van der Waals surface area contributed by atoms with Crippen molar-refractivity contribution in [2.45, 2.75) is 148 Å². The number of rotatable bonds is 3. The molecule has 0 spiro atoms. The number of amides is 12. The summed E-state index contributed by atoms with van der Waals surface area (Å²) in [5, 5.41) is 22.8. The quantitative estimate of drug-likeness (QED) is 0.218. The highest BCUT2D eigenvalue weighted by molar-refractivity contribution is 8.20. The number of Topliss-reactive ketones (excluding diaryl/α,β-unsaturated/α-hetero) is 2. The van der Waals surface area contributed by atoms with Crippen LogP contribution >= 0.6 is 23.5 Å². The van der Waals surface area contributed by atoms with Crippen molar-refractivity contribution in [1.82, 2.24) is 40.9 Å². The van der Waals surface area contributed by atoms with E-state index in [1.807, 2.05) is 0 Å². The Hall–Kier alpha value is -9.32. The van der Waals surface area contributed by atoms with Crippen LogP contribution in [0.4, 0.5) is 11.4 Å². The first-order valence-electron chi connectivity index (χ1n) is 37.0. The SMILES string of the molecule is C=C1CC2CN3C(=O)CCC(=O)C(C(C)C)NC(=O)CCOCCOCCNC(=O)C4C(C(=O)NCCOCCOCCC(=O)NC(C(C)C)C(=O)CCC(=O)N5c6cc(c(C)cc6C(=O)N6CC(=C)CC6C5O)OCCCCCOc5cc3c(cc5OC)C(=O)N2C1)N1C(=O)C=C(SCSC2=CC(=O)N4C2=O)C1=O. The average molecular weight is 1570 g/mol. The van der Waals surface area contributed by atoms with Crippen LogP contribution in [0.25, 0.3) is 0 Å². The number of anilines is 2. The standard InChI is InChI=1S/C76H96N10O22S2/c1-42(2)66-53(87)12-14-62(91)82-40-47-30-44(5)38-81(47)72(97)49-33-56(102-8)57(34-50(49)82)108-21-11-9-10-20-107-55-35-51-48(32-46(55)7)73(98)83-39-45(6)31-52(83)74(99)84(51)63(92)15-13-54(88)67(43(3)4)80-61(90)17-23-104-27-29-106-25-19-78-71(96)69-68(70(95)77-18-24-105-28-26-103-22-16-60(89)79-66)85-64(93)36-58(75(85)100)109-41-110-59-37-65(94)86(69)76(59)101/h32-37,42-43,47,52,66-69,74,99H,5-6,9-31,38-41H2,1-4,7-8H3,(H,77,95)(H,78,96)(H,79,89)(H,80,90). The van der Waals surface area contributed by atoms with Crippen molar-refractivity contribution in [3.05, 3.63) is 87.2 Å². The lowest BCUT2D eigenvalue weighted by Crippen LogP contribution is -2.66. The molecule has 3 saturated heterocycles. The van der Waals surface area contributed by atoms with Gasteiger partial charge in [-0.05, 0) is 68.6 Å². The van der Waals surface area contributed by atoms with Crippen LogP contribution in [0.5, 0.6) is 17.2 Å². The first-order chi connectivity index (χ1) is 52.7. The van der Waals surface area contributed by atoms with E-state index in [9.17, 15) is 72.2 Å². The molecule has 8 aliphatic rings. The van der Waals surface area contributed by atoms with Crippen molar-refractivity contribution >= 4 is 117 Å². The molecule has 32 nitrogen and oxygen atoms in total. The summed E-state index contributed by atoms with van der Waals surface area (Å²) in [6, 6.07) is -1.10. The van der Waals surface area contributed by atoms with E-state index in [0.29, 0.717) is 52.4 Å². The van der Waals surface area contributed by atoms with Gasteiger partial charge in [-0.2, -0.15) is 0 Å². The van der Waals surface area contributed by atoms with Crippen LogP contribution in [-0.4, -0.2) is 261 Å². The fourth-order valence-electron chi connectivity index (χ4n) is 14.3. The first kappa shape index (κ1) is 83.2. The van der Waals surface area contributed by atoms with Crippen molar-refractivity contribution in [3.63, 3.8) is 0 Å². The molecule has 594 valence electrons. The molecule has 2 aromatic carbocycles. The number of methoxy groups -OCH3 is 1. The summed E-state index contributed by atoms with van der Waals surface area (Å²) in [6.07, 6.45) is 1.18. The monoisotopic (exact) mass is 1560 g/mol. The number of aliphatic hydroxyl groups is 1. The third kappa shape index (κ3) is 19.7. The molecule has 0 saturated carbocycles. The number of thioether (sulfide) groups is 2. The minimum Gasteiger partial charge on any atom is -0.493 e. The van der Waals surface area contributed by atoms with E-state index in [-0.39, 0.29) is 198 Å². The van der Waals surface area contributed by atoms with Crippen molar-refractivity contribution in [1.29, 1.82) is 0 Å². The van der Waals surface area contributed by atoms with Crippen molar-refractivity contribution in [2.75, 3.05) is 121 Å². The smallest absolute Gasteiger partial charge is 0.268 e. The van der Waals surface area contributed by atoms with Gasteiger partial charge in [0.15, 0.2) is 29.3 Å². The summed E-state index contributed by atoms with van der Waals surface area (Å²) >= 11 is 1.82. The number of nitrogens with one attached hydrogen (secondary N) is 4. The Balaban J connectivity index is 0.834. The highest BCUT2D eigenvalue weighted by Gasteiger charge is 2.54. The minimum absolute atomic E-state index is 0.0243. The number of aliphatic hydroxyl groups excluding tert-OH is 1. The summed E-state index contributed by atoms with van der Waals surface area (Å²) < 4.78 is 41.0. The second-order valence-electron chi connectivity index (χ2n) is 28.5. The number of ketones is 2. The molecule has 5 N–H and O–H groups in total. The number of imide groups is 2. The molecular weight excluding hydrogens is 1470 g/mol. The van der Waals surface area contributed by atoms with E-state index < -0.39 is 131 Å². The number of hydrogen-bond acceptors (Lipinski definition) is 24. The Morgan fingerprint density at radius 1 is 0.527 bits per heavy atom. The van der Waals surface area contributed by atoms with Gasteiger partial charge < -0.3 is 74.2 Å². The Morgan fingerprint density at radius 2 is 1.01 bits per heavy atom. The number of hydrogen-bond donors (Lipinski definition) is 5. The van der Waals surface area contributed by atoms with Crippen LogP contribution in [0, 0.1) is 18.8 Å². The zero-order valence-electron chi connectivity index (χ0n) is 62.7. The molecule has 110 heavy (non-hydrogen) atoms. The molecule has 34 heteroatoms. The van der Waals surface area contributed by atoms with Gasteiger partial charge in [-0.1, -0.05) is 52.0 Å². The molecule has 2 aromatic rings. The maximum Gasteiger partial charge on any atom is 0.268 e. The predicted molar refractivity (Wildman–Crippen MR) is 400 cm³/mol. The lowest BCUT2D eigenvalue weighted by Gasteiger charge is -2.35. The Labute approximate surface area is 645 Å². The molecular formula is C76H96N10O22S2. The lowest BCUT2D eigenvalue weighted by molar-refractivity contribution is -0.157. The molecule has 7 atom stereocenters. The fourth-order valence-corrected chi connectivity index (χ4v) is 16.3. The largest absolute Gasteiger partial charge is 0.493 e. The highest BCUT2D eigenvalue weighted by atomic mass is 32.2. The van der Waals surface area contributed by atoms with Crippen LogP contribution in [0.1, 0.15) is 125 Å². The second kappa shape index (κ2) is 38.1. The normalized spacial score (nSPS) is 25.7. The van der Waals surface area contributed by atoms with Crippen LogP contribution < -0.4 is 45.3 Å². The van der Waals surface area contributed by atoms with Crippen molar-refractivity contribution in [3.8, 4) is 17.2 Å². The highest BCUT2D eigenvalue weighted by Crippen LogP contribution is 2.43. The molecule has 3 fully saturated rings. The topological polar surface area (TPSA) is 391 Å². The number of carbonyl (C=O) groups excluding carboxylic acids is 14. The zero-order chi connectivity index (χ0) is 79.2. The Bertz CT molecular complexity index is 4050. The number of carbonyl (C=O) groups is 14. The first-order valence-corrected chi connectivity index (χ1v) is 39.0. The second-order valence-corrected chi connectivity index (χ2v) is 30.9. The molecule has 8 heterocycles. The Morgan fingerprint density at radius 3 is 1.55 bits per heavy atom. The van der Waals surface area contributed by atoms with Gasteiger partial charge in [0.05, 0.1) is 130 Å². The van der Waals surface area contributed by atoms with Gasteiger partial charge in [0, 0.05) is 101 Å². The molecule has 7 unspecified atom stereocenters. The number of fused-ring (bicyclic) bond motifs is 11. The van der Waals surface area contributed by atoms with Crippen LogP contribution in [0.3, 0.4) is 0 Å². The van der Waals surface area contributed by atoms with Crippen LogP contribution in [-0.2, 0) is 76.5 Å². The Kier molecular flexibility index (Phi) is 28.8. The molecule has 0 aromatic heterocycles. The number of benzene rings is 2. The van der Waals surface area contributed by atoms with Crippen molar-refractivity contribution in [2.24, 2.45) is 11.8 Å². The van der Waals surface area contributed by atoms with Crippen molar-refractivity contribution < 1.29 is 105 Å². The van der Waals surface area contributed by atoms with E-state index in [0.717, 1.165) is 46.1 Å². The van der Waals surface area contributed by atoms with E-state index in [1.165, 1.54) is 16.9 Å². The third-order valence-corrected chi connectivity index (χ3v) is 22.1. The van der Waals surface area contributed by atoms with Gasteiger partial charge in [0.25, 0.3) is 35.4 Å². The fraction of sp³-hybridized carbons (Fsp3) is 0.553. The van der Waals surface area contributed by atoms with Gasteiger partial charge in [-0.3, -0.25) is 81.8 Å². The molecule has 12 amide bonds. The maximum absolute atomic E-state index is 14.6. The number of ether oxygens (including phenoxy) is 7. The predicted octanol–water partition coefficient (Wildman–Crippen LogP) is 2.94. The summed E-state index contributed by atoms with van der Waals surface area (Å²) in [5.74, 6) is -9.67. The summed E-state index contributed by atoms with van der Waals surface area (Å²) in [6.45, 7) is 16.6. The van der Waals surface area contributed by atoms with Gasteiger partial charge in [0.2, 0.25) is 35.4 Å². The van der Waals surface area contributed by atoms with Crippen LogP contribution in [0.2, 0.25) is 0 Å². The zero-order valence-corrected chi connectivity index (χ0v) is 64.3. The number of aryl methyl sites for hydroxylation is 1. The number of nitrogens with zero attached hydrogens (tertiary/aromatic N) is 6. The van der Waals surface area contributed by atoms with Gasteiger partial charge >= 0.3 is 0 Å². The third-order valence-electron chi connectivity index (χ3n) is 19.9. The van der Waals surface area contributed by atoms with E-state index in [2.05, 4.69) is 34.4 Å². The molecule has 0 aliphatic carbocycles. The summed E-state index contributed by atoms with van der Waals surface area (Å²) in [4.78, 5) is 203. The molecule has 10 rings (SSSR count). The average Bonchev–Trinajstić information content (AvgIpc) is 1.61. The summed E-state index contributed by atoms with van der Waals surface area (Å²) in [7, 11) is 1.44. The maximum atomic E-state index is 14.6. The van der Waals surface area contributed by atoms with E-state index in [1.54, 1.807) is 63.8 Å². The molecule has 8 aliphatic heterocycles. The van der Waals surface area contributed by atoms with E-state index >= 15 is 0 Å².